The summed E-state index contributed by atoms with van der Waals surface area (Å²) in [7, 11) is 0. The molecule has 3 amide bonds. The van der Waals surface area contributed by atoms with Crippen molar-refractivity contribution < 1.29 is 49.5 Å². The molecule has 0 aliphatic rings. The van der Waals surface area contributed by atoms with Gasteiger partial charge in [-0.25, -0.2) is 22.0 Å². The van der Waals surface area contributed by atoms with Gasteiger partial charge < -0.3 is 16.0 Å². The van der Waals surface area contributed by atoms with Gasteiger partial charge in [0.2, 0.25) is 5.91 Å². The predicted molar refractivity (Wildman–Crippen MR) is 178 cm³/mol. The Morgan fingerprint density at radius 2 is 1.27 bits per heavy atom. The maximum Gasteiger partial charge on any atom is 0.422 e. The van der Waals surface area contributed by atoms with E-state index in [0.29, 0.717) is 0 Å². The average Bonchev–Trinajstić information content (AvgIpc) is 3.12. The molecule has 0 spiro atoms. The van der Waals surface area contributed by atoms with Gasteiger partial charge in [0.25, 0.3) is 11.8 Å². The molecule has 5 rings (SSSR count). The van der Waals surface area contributed by atoms with Crippen LogP contribution in [0.25, 0.3) is 6.08 Å². The Bertz CT molecular complexity index is 2130. The highest BCUT2D eigenvalue weighted by molar-refractivity contribution is 8.00. The second kappa shape index (κ2) is 15.9. The summed E-state index contributed by atoms with van der Waals surface area (Å²) in [6.07, 6.45) is -4.64. The summed E-state index contributed by atoms with van der Waals surface area (Å²) >= 11 is 0.749. The molecule has 3 N–H and O–H groups in total. The molecule has 1 atom stereocenters. The van der Waals surface area contributed by atoms with Crippen molar-refractivity contribution in [2.24, 2.45) is 0 Å². The Hall–Kier alpha value is -5.96. The van der Waals surface area contributed by atoms with Crippen molar-refractivity contribution in [2.75, 3.05) is 10.6 Å². The molecule has 5 aromatic carbocycles. The maximum atomic E-state index is 14.7. The molecule has 5 aromatic rings. The Balaban J connectivity index is 1.42. The van der Waals surface area contributed by atoms with Gasteiger partial charge in [0.05, 0.1) is 0 Å². The lowest BCUT2D eigenvalue weighted by Gasteiger charge is -2.19. The Kier molecular flexibility index (Phi) is 11.4. The van der Waals surface area contributed by atoms with Crippen molar-refractivity contribution in [1.29, 1.82) is 0 Å². The van der Waals surface area contributed by atoms with Crippen LogP contribution in [0.1, 0.15) is 32.3 Å². The number of carbonyl (C=O) groups is 3. The zero-order valence-electron chi connectivity index (χ0n) is 26.2. The van der Waals surface area contributed by atoms with Crippen LogP contribution in [-0.2, 0) is 15.8 Å². The molecule has 0 heterocycles. The van der Waals surface area contributed by atoms with Crippen molar-refractivity contribution in [2.45, 2.75) is 16.3 Å². The fraction of sp³-hybridized carbons (Fsp3) is 0.0541. The van der Waals surface area contributed by atoms with Crippen LogP contribution >= 0.6 is 11.8 Å². The van der Waals surface area contributed by atoms with E-state index in [9.17, 15) is 49.5 Å². The number of rotatable bonds is 10. The van der Waals surface area contributed by atoms with Gasteiger partial charge in [-0.05, 0) is 48.0 Å². The molecule has 6 nitrogen and oxygen atoms in total. The van der Waals surface area contributed by atoms with Gasteiger partial charge in [-0.2, -0.15) is 13.2 Å². The standard InChI is InChI=1S/C37H23F8N3O3S/c38-25-17-8-7-14-22(25)18-26(47-34(49)21-12-5-2-6-13-21)35(50)46-23-15-9-16-24(19-23)52-33(20-10-3-1-4-11-20)36(51)48-32-30(41)28(39)27(37(43,44)45)29(40)31(32)42/h1-19,33H,(H,46,50)(H,47,49)(H,48,51)/b26-18-. The van der Waals surface area contributed by atoms with E-state index in [-0.39, 0.29) is 33.0 Å². The fourth-order valence-corrected chi connectivity index (χ4v) is 5.84. The molecule has 0 radical (unpaired) electrons. The first-order valence-corrected chi connectivity index (χ1v) is 15.8. The third-order valence-electron chi connectivity index (χ3n) is 7.22. The highest BCUT2D eigenvalue weighted by atomic mass is 32.2. The Morgan fingerprint density at radius 1 is 0.673 bits per heavy atom. The van der Waals surface area contributed by atoms with Crippen LogP contribution in [0.15, 0.2) is 120 Å². The van der Waals surface area contributed by atoms with E-state index >= 15 is 0 Å². The smallest absolute Gasteiger partial charge is 0.321 e. The number of hydrogen-bond acceptors (Lipinski definition) is 4. The van der Waals surface area contributed by atoms with Gasteiger partial charge in [0, 0.05) is 21.7 Å². The van der Waals surface area contributed by atoms with E-state index in [1.807, 2.05) is 0 Å². The summed E-state index contributed by atoms with van der Waals surface area (Å²) in [6, 6.07) is 26.7. The maximum absolute atomic E-state index is 14.7. The highest BCUT2D eigenvalue weighted by Crippen LogP contribution is 2.41. The second-order valence-electron chi connectivity index (χ2n) is 10.8. The number of halogens is 8. The lowest BCUT2D eigenvalue weighted by Crippen LogP contribution is -2.30. The molecule has 0 aliphatic carbocycles. The molecule has 0 bridgehead atoms. The van der Waals surface area contributed by atoms with Crippen LogP contribution in [0.2, 0.25) is 0 Å². The third kappa shape index (κ3) is 8.66. The highest BCUT2D eigenvalue weighted by Gasteiger charge is 2.43. The number of carbonyl (C=O) groups excluding carboxylic acids is 3. The molecule has 0 aliphatic heterocycles. The Labute approximate surface area is 294 Å². The topological polar surface area (TPSA) is 87.3 Å². The lowest BCUT2D eigenvalue weighted by molar-refractivity contribution is -0.143. The quantitative estimate of drug-likeness (QED) is 0.0577. The van der Waals surface area contributed by atoms with Gasteiger partial charge in [-0.1, -0.05) is 72.8 Å². The lowest BCUT2D eigenvalue weighted by atomic mass is 10.1. The summed E-state index contributed by atoms with van der Waals surface area (Å²) in [5.74, 6) is -13.9. The average molecular weight is 742 g/mol. The van der Waals surface area contributed by atoms with Gasteiger partial charge >= 0.3 is 6.18 Å². The normalized spacial score (nSPS) is 12.2. The molecule has 0 saturated heterocycles. The van der Waals surface area contributed by atoms with Gasteiger partial charge in [0.1, 0.15) is 28.0 Å². The number of benzene rings is 5. The summed E-state index contributed by atoms with van der Waals surface area (Å²) in [6.45, 7) is 0. The SMILES string of the molecule is O=C(Nc1cccc(SC(C(=O)Nc2c(F)c(F)c(C(F)(F)F)c(F)c2F)c2ccccc2)c1)/C(=C/c1ccccc1F)NC(=O)c1ccccc1. The van der Waals surface area contributed by atoms with Crippen molar-refractivity contribution >= 4 is 46.9 Å². The van der Waals surface area contributed by atoms with E-state index < -0.39 is 69.5 Å². The molecular weight excluding hydrogens is 718 g/mol. The number of thioether (sulfide) groups is 1. The molecular formula is C37H23F8N3O3S. The number of alkyl halides is 3. The van der Waals surface area contributed by atoms with Crippen LogP contribution in [0, 0.1) is 29.1 Å². The van der Waals surface area contributed by atoms with E-state index in [4.69, 9.17) is 0 Å². The van der Waals surface area contributed by atoms with Gasteiger partial charge in [-0.15, -0.1) is 11.8 Å². The first kappa shape index (κ1) is 37.3. The minimum Gasteiger partial charge on any atom is -0.321 e. The minimum atomic E-state index is -5.77. The molecule has 1 unspecified atom stereocenters. The Morgan fingerprint density at radius 3 is 1.88 bits per heavy atom. The number of amides is 3. The molecule has 0 fully saturated rings. The fourth-order valence-electron chi connectivity index (χ4n) is 4.75. The van der Waals surface area contributed by atoms with Crippen LogP contribution in [0.5, 0.6) is 0 Å². The number of anilines is 2. The van der Waals surface area contributed by atoms with Gasteiger partial charge in [0.15, 0.2) is 23.3 Å². The van der Waals surface area contributed by atoms with Crippen LogP contribution in [0.3, 0.4) is 0 Å². The largest absolute Gasteiger partial charge is 0.422 e. The summed E-state index contributed by atoms with van der Waals surface area (Å²) in [5, 5.41) is 5.30. The van der Waals surface area contributed by atoms with Gasteiger partial charge in [-0.3, -0.25) is 14.4 Å². The minimum absolute atomic E-state index is 0.0114. The number of nitrogens with one attached hydrogen (secondary N) is 3. The molecule has 15 heteroatoms. The van der Waals surface area contributed by atoms with Crippen molar-refractivity contribution in [3.63, 3.8) is 0 Å². The summed E-state index contributed by atoms with van der Waals surface area (Å²) in [4.78, 5) is 40.1. The summed E-state index contributed by atoms with van der Waals surface area (Å²) in [5.41, 5.74) is -4.37. The van der Waals surface area contributed by atoms with Crippen LogP contribution in [-0.4, -0.2) is 17.7 Å². The predicted octanol–water partition coefficient (Wildman–Crippen LogP) is 9.28. The molecule has 266 valence electrons. The van der Waals surface area contributed by atoms with Crippen LogP contribution < -0.4 is 16.0 Å². The molecule has 0 saturated carbocycles. The van der Waals surface area contributed by atoms with Crippen molar-refractivity contribution in [1.82, 2.24) is 5.32 Å². The molecule has 0 aromatic heterocycles. The van der Waals surface area contributed by atoms with E-state index in [0.717, 1.165) is 23.9 Å². The van der Waals surface area contributed by atoms with Crippen LogP contribution in [0.4, 0.5) is 46.5 Å². The number of hydrogen-bond donors (Lipinski definition) is 3. The monoisotopic (exact) mass is 741 g/mol. The third-order valence-corrected chi connectivity index (χ3v) is 8.46. The zero-order chi connectivity index (χ0) is 37.6. The zero-order valence-corrected chi connectivity index (χ0v) is 27.0. The molecule has 52 heavy (non-hydrogen) atoms. The first-order chi connectivity index (χ1) is 24.7. The van der Waals surface area contributed by atoms with Crippen molar-refractivity contribution in [3.8, 4) is 0 Å². The first-order valence-electron chi connectivity index (χ1n) is 14.9. The van der Waals surface area contributed by atoms with E-state index in [1.165, 1.54) is 78.9 Å². The van der Waals surface area contributed by atoms with E-state index in [1.54, 1.807) is 29.6 Å². The van der Waals surface area contributed by atoms with E-state index in [2.05, 4.69) is 10.6 Å². The summed E-state index contributed by atoms with van der Waals surface area (Å²) < 4.78 is 112. The van der Waals surface area contributed by atoms with Crippen molar-refractivity contribution in [3.05, 3.63) is 166 Å². The second-order valence-corrected chi connectivity index (χ2v) is 12.0.